The predicted octanol–water partition coefficient (Wildman–Crippen LogP) is 6.67. The fraction of sp³-hybridized carbons (Fsp3) is 0.120. The summed E-state index contributed by atoms with van der Waals surface area (Å²) in [5.74, 6) is 0. The fourth-order valence-electron chi connectivity index (χ4n) is 4.49. The highest BCUT2D eigenvalue weighted by Crippen LogP contribution is 2.49. The highest BCUT2D eigenvalue weighted by molar-refractivity contribution is 6.21. The molecule has 0 aromatic heterocycles. The Bertz CT molecular complexity index is 1210. The third-order valence-electron chi connectivity index (χ3n) is 5.59. The van der Waals surface area contributed by atoms with Crippen molar-refractivity contribution < 1.29 is 0 Å². The van der Waals surface area contributed by atoms with Crippen molar-refractivity contribution in [3.05, 3.63) is 84.6 Å². The first-order valence-corrected chi connectivity index (χ1v) is 9.27. The number of nitrogens with zero attached hydrogens (tertiary/aromatic N) is 1. The second kappa shape index (κ2) is 5.74. The number of rotatable bonds is 2. The van der Waals surface area contributed by atoms with E-state index in [-0.39, 0.29) is 0 Å². The van der Waals surface area contributed by atoms with E-state index in [1.807, 2.05) is 0 Å². The van der Waals surface area contributed by atoms with E-state index in [2.05, 4.69) is 97.4 Å². The van der Waals surface area contributed by atoms with Gasteiger partial charge in [0.15, 0.2) is 0 Å². The van der Waals surface area contributed by atoms with E-state index < -0.39 is 0 Å². The van der Waals surface area contributed by atoms with Crippen LogP contribution < -0.4 is 0 Å². The smallest absolute Gasteiger partial charge is 0.0485 e. The Morgan fingerprint density at radius 2 is 1.19 bits per heavy atom. The van der Waals surface area contributed by atoms with Gasteiger partial charge in [0, 0.05) is 34.8 Å². The van der Waals surface area contributed by atoms with Crippen LogP contribution in [0.2, 0.25) is 0 Å². The number of hydrogen-bond acceptors (Lipinski definition) is 0. The molecule has 0 amide bonds. The molecule has 0 atom stereocenters. The van der Waals surface area contributed by atoms with Crippen molar-refractivity contribution in [3.8, 4) is 22.3 Å². The van der Waals surface area contributed by atoms with E-state index in [0.717, 1.165) is 6.42 Å². The molecule has 3 aromatic carbocycles. The molecule has 0 saturated carbocycles. The number of pyridine rings is 1. The fourth-order valence-corrected chi connectivity index (χ4v) is 4.49. The van der Waals surface area contributed by atoms with Crippen LogP contribution in [-0.4, -0.2) is 4.57 Å². The molecule has 26 heavy (non-hydrogen) atoms. The van der Waals surface area contributed by atoms with E-state index in [4.69, 9.17) is 0 Å². The second-order valence-electron chi connectivity index (χ2n) is 6.91. The van der Waals surface area contributed by atoms with Crippen LogP contribution in [0.3, 0.4) is 0 Å². The molecular weight excluding hydrogens is 314 g/mol. The van der Waals surface area contributed by atoms with Gasteiger partial charge in [0.25, 0.3) is 0 Å². The molecule has 1 heterocycles. The van der Waals surface area contributed by atoms with Gasteiger partial charge in [0.1, 0.15) is 0 Å². The summed E-state index contributed by atoms with van der Waals surface area (Å²) in [4.78, 5) is 0. The van der Waals surface area contributed by atoms with Gasteiger partial charge >= 0.3 is 0 Å². The monoisotopic (exact) mass is 335 g/mol. The summed E-state index contributed by atoms with van der Waals surface area (Å²) < 4.78 is 2.37. The van der Waals surface area contributed by atoms with Crippen LogP contribution in [0, 0.1) is 0 Å². The van der Waals surface area contributed by atoms with Crippen LogP contribution in [0.1, 0.15) is 12.6 Å². The molecule has 1 aliphatic heterocycles. The van der Waals surface area contributed by atoms with Gasteiger partial charge in [0.2, 0.25) is 0 Å². The SMILES string of the molecule is CCc1c2c3ccccc3c(-c3ccccc3)c-2c2ccccc2n1C. The topological polar surface area (TPSA) is 4.93 Å². The summed E-state index contributed by atoms with van der Waals surface area (Å²) in [5.41, 5.74) is 8.15. The van der Waals surface area contributed by atoms with Crippen molar-refractivity contribution in [1.82, 2.24) is 4.57 Å². The van der Waals surface area contributed by atoms with Gasteiger partial charge in [-0.05, 0) is 34.4 Å². The normalized spacial score (nSPS) is 11.6. The van der Waals surface area contributed by atoms with E-state index >= 15 is 0 Å². The summed E-state index contributed by atoms with van der Waals surface area (Å²) in [7, 11) is 2.20. The summed E-state index contributed by atoms with van der Waals surface area (Å²) >= 11 is 0. The lowest BCUT2D eigenvalue weighted by Gasteiger charge is -2.19. The van der Waals surface area contributed by atoms with Gasteiger partial charge in [-0.25, -0.2) is 0 Å². The van der Waals surface area contributed by atoms with Crippen LogP contribution in [0.25, 0.3) is 43.9 Å². The molecule has 1 heteroatoms. The van der Waals surface area contributed by atoms with Gasteiger partial charge in [-0.1, -0.05) is 79.7 Å². The summed E-state index contributed by atoms with van der Waals surface area (Å²) in [6, 6.07) is 28.5. The van der Waals surface area contributed by atoms with E-state index in [1.165, 1.54) is 49.6 Å². The Labute approximate surface area is 153 Å². The molecule has 2 aliphatic rings. The molecular formula is C25H21N. The summed E-state index contributed by atoms with van der Waals surface area (Å²) in [5, 5.41) is 4.04. The second-order valence-corrected chi connectivity index (χ2v) is 6.91. The zero-order chi connectivity index (χ0) is 17.7. The molecule has 1 nitrogen and oxygen atoms in total. The van der Waals surface area contributed by atoms with E-state index in [0.29, 0.717) is 0 Å². The molecule has 0 bridgehead atoms. The maximum Gasteiger partial charge on any atom is 0.0485 e. The molecule has 0 N–H and O–H groups in total. The molecule has 3 aromatic rings. The van der Waals surface area contributed by atoms with Crippen LogP contribution in [0.5, 0.6) is 0 Å². The lowest BCUT2D eigenvalue weighted by atomic mass is 9.93. The number of hydrogen-bond donors (Lipinski definition) is 0. The van der Waals surface area contributed by atoms with E-state index in [9.17, 15) is 0 Å². The largest absolute Gasteiger partial charge is 0.347 e. The van der Waals surface area contributed by atoms with Crippen LogP contribution in [0.15, 0.2) is 78.9 Å². The number of aromatic nitrogens is 1. The standard InChI is InChI=1S/C25H21N/c1-3-21-24-19-14-8-7-13-18(19)23(17-11-5-4-6-12-17)25(24)20-15-9-10-16-22(20)26(21)2/h4-16H,3H2,1-2H3. The third-order valence-corrected chi connectivity index (χ3v) is 5.59. The molecule has 0 spiro atoms. The molecule has 0 saturated heterocycles. The highest BCUT2D eigenvalue weighted by Gasteiger charge is 2.25. The molecule has 0 fully saturated rings. The highest BCUT2D eigenvalue weighted by atomic mass is 14.9. The van der Waals surface area contributed by atoms with Crippen LogP contribution in [-0.2, 0) is 13.5 Å². The van der Waals surface area contributed by atoms with Crippen LogP contribution >= 0.6 is 0 Å². The quantitative estimate of drug-likeness (QED) is 0.340. The van der Waals surface area contributed by atoms with E-state index in [1.54, 1.807) is 0 Å². The number of fused-ring (bicyclic) bond motifs is 5. The lowest BCUT2D eigenvalue weighted by molar-refractivity contribution is 0.854. The number of benzene rings is 3. The van der Waals surface area contributed by atoms with Crippen molar-refractivity contribution >= 4 is 21.7 Å². The lowest BCUT2D eigenvalue weighted by Crippen LogP contribution is -2.05. The van der Waals surface area contributed by atoms with Crippen molar-refractivity contribution in [2.75, 3.05) is 0 Å². The number of para-hydroxylation sites is 1. The Hall–Kier alpha value is -3.06. The Morgan fingerprint density at radius 3 is 1.88 bits per heavy atom. The predicted molar refractivity (Wildman–Crippen MR) is 112 cm³/mol. The minimum absolute atomic E-state index is 1.01. The van der Waals surface area contributed by atoms with Crippen molar-refractivity contribution in [2.24, 2.45) is 7.05 Å². The zero-order valence-electron chi connectivity index (χ0n) is 15.2. The summed E-state index contributed by atoms with van der Waals surface area (Å²) in [6.45, 7) is 2.26. The minimum Gasteiger partial charge on any atom is -0.347 e. The first-order valence-electron chi connectivity index (χ1n) is 9.27. The average Bonchev–Trinajstić information content (AvgIpc) is 3.05. The number of aryl methyl sites for hydroxylation is 1. The van der Waals surface area contributed by atoms with Gasteiger partial charge in [-0.3, -0.25) is 0 Å². The first kappa shape index (κ1) is 15.2. The Balaban J connectivity index is 2.11. The molecule has 1 aliphatic carbocycles. The van der Waals surface area contributed by atoms with Gasteiger partial charge in [0.05, 0.1) is 0 Å². The molecule has 0 unspecified atom stereocenters. The van der Waals surface area contributed by atoms with Gasteiger partial charge in [-0.2, -0.15) is 0 Å². The van der Waals surface area contributed by atoms with Gasteiger partial charge in [-0.15, -0.1) is 0 Å². The average molecular weight is 335 g/mol. The zero-order valence-corrected chi connectivity index (χ0v) is 15.2. The molecule has 0 radical (unpaired) electrons. The summed E-state index contributed by atoms with van der Waals surface area (Å²) in [6.07, 6.45) is 1.01. The first-order chi connectivity index (χ1) is 12.8. The molecule has 5 rings (SSSR count). The van der Waals surface area contributed by atoms with Crippen molar-refractivity contribution in [2.45, 2.75) is 13.3 Å². The maximum atomic E-state index is 2.37. The molecule has 126 valence electrons. The minimum atomic E-state index is 1.01. The third kappa shape index (κ3) is 1.97. The Kier molecular flexibility index (Phi) is 3.36. The maximum absolute atomic E-state index is 2.37. The van der Waals surface area contributed by atoms with Crippen LogP contribution in [0.4, 0.5) is 0 Å². The van der Waals surface area contributed by atoms with Crippen molar-refractivity contribution in [1.29, 1.82) is 0 Å². The van der Waals surface area contributed by atoms with Crippen molar-refractivity contribution in [3.63, 3.8) is 0 Å². The van der Waals surface area contributed by atoms with Gasteiger partial charge < -0.3 is 4.57 Å². The Morgan fingerprint density at radius 1 is 0.615 bits per heavy atom.